The molecular weight excluding hydrogens is 264 g/mol. The fourth-order valence-corrected chi connectivity index (χ4v) is 2.87. The van der Waals surface area contributed by atoms with Crippen LogP contribution in [0.5, 0.6) is 0 Å². The molecule has 0 heterocycles. The van der Waals surface area contributed by atoms with Crippen molar-refractivity contribution in [3.8, 4) is 0 Å². The first kappa shape index (κ1) is 17.7. The van der Waals surface area contributed by atoms with E-state index in [-0.39, 0.29) is 18.1 Å². The molecule has 1 rings (SSSR count). The smallest absolute Gasteiger partial charge is 0.303 e. The minimum Gasteiger partial charge on any atom is -0.481 e. The number of ketones is 1. The topological polar surface area (TPSA) is 54.4 Å². The largest absolute Gasteiger partial charge is 0.481 e. The number of carboxylic acids is 1. The Morgan fingerprint density at radius 2 is 1.90 bits per heavy atom. The first-order valence-electron chi connectivity index (χ1n) is 8.24. The van der Waals surface area contributed by atoms with Crippen LogP contribution in [0.2, 0.25) is 0 Å². The molecule has 21 heavy (non-hydrogen) atoms. The van der Waals surface area contributed by atoms with Crippen LogP contribution in [0, 0.1) is 11.8 Å². The van der Waals surface area contributed by atoms with Crippen LogP contribution in [0.15, 0.2) is 24.3 Å². The van der Waals surface area contributed by atoms with Crippen molar-refractivity contribution in [1.29, 1.82) is 0 Å². The van der Waals surface area contributed by atoms with Crippen LogP contribution in [-0.4, -0.2) is 16.9 Å². The van der Waals surface area contributed by atoms with Gasteiger partial charge in [0.05, 0.1) is 0 Å². The third-order valence-corrected chi connectivity index (χ3v) is 4.11. The third-order valence-electron chi connectivity index (χ3n) is 4.11. The predicted molar refractivity (Wildman–Crippen MR) is 85.1 cm³/mol. The van der Waals surface area contributed by atoms with Crippen molar-refractivity contribution in [3.05, 3.63) is 24.3 Å². The van der Waals surface area contributed by atoms with Gasteiger partial charge in [0.2, 0.25) is 0 Å². The second-order valence-electron chi connectivity index (χ2n) is 5.85. The fourth-order valence-electron chi connectivity index (χ4n) is 2.87. The highest BCUT2D eigenvalue weighted by Crippen LogP contribution is 2.30. The Balaban J connectivity index is 2.15. The van der Waals surface area contributed by atoms with Crippen molar-refractivity contribution in [2.45, 2.75) is 64.7 Å². The van der Waals surface area contributed by atoms with E-state index in [0.29, 0.717) is 5.92 Å². The summed E-state index contributed by atoms with van der Waals surface area (Å²) < 4.78 is 0. The zero-order valence-corrected chi connectivity index (χ0v) is 13.1. The van der Waals surface area contributed by atoms with Gasteiger partial charge in [-0.2, -0.15) is 0 Å². The van der Waals surface area contributed by atoms with E-state index in [2.05, 4.69) is 25.2 Å². The van der Waals surface area contributed by atoms with Crippen LogP contribution in [0.1, 0.15) is 64.7 Å². The van der Waals surface area contributed by atoms with Gasteiger partial charge < -0.3 is 5.11 Å². The zero-order valence-electron chi connectivity index (χ0n) is 13.1. The molecule has 0 radical (unpaired) electrons. The SMILES string of the molecule is CC/C=C\C[C@H]1C(=O)C=C[C@H]1CCCCCCCC(=O)O. The molecule has 0 fully saturated rings. The van der Waals surface area contributed by atoms with Crippen molar-refractivity contribution < 1.29 is 14.7 Å². The lowest BCUT2D eigenvalue weighted by Crippen LogP contribution is -2.15. The van der Waals surface area contributed by atoms with Crippen LogP contribution in [-0.2, 0) is 9.59 Å². The summed E-state index contributed by atoms with van der Waals surface area (Å²) in [7, 11) is 0. The summed E-state index contributed by atoms with van der Waals surface area (Å²) in [6.07, 6.45) is 16.5. The summed E-state index contributed by atoms with van der Waals surface area (Å²) in [4.78, 5) is 22.2. The van der Waals surface area contributed by atoms with Gasteiger partial charge in [0, 0.05) is 12.3 Å². The Bertz CT molecular complexity index is 382. The van der Waals surface area contributed by atoms with Gasteiger partial charge in [-0.25, -0.2) is 0 Å². The molecular formula is C18H28O3. The van der Waals surface area contributed by atoms with Gasteiger partial charge in [-0.15, -0.1) is 0 Å². The predicted octanol–water partition coefficient (Wildman–Crippen LogP) is 4.53. The quantitative estimate of drug-likeness (QED) is 0.449. The van der Waals surface area contributed by atoms with Crippen LogP contribution in [0.3, 0.4) is 0 Å². The maximum absolute atomic E-state index is 11.8. The van der Waals surface area contributed by atoms with Crippen molar-refractivity contribution >= 4 is 11.8 Å². The molecule has 0 bridgehead atoms. The zero-order chi connectivity index (χ0) is 15.5. The molecule has 0 aromatic heterocycles. The number of hydrogen-bond acceptors (Lipinski definition) is 2. The number of unbranched alkanes of at least 4 members (excludes halogenated alkanes) is 4. The Morgan fingerprint density at radius 3 is 2.62 bits per heavy atom. The van der Waals surface area contributed by atoms with Gasteiger partial charge in [-0.1, -0.05) is 50.8 Å². The molecule has 0 saturated carbocycles. The lowest BCUT2D eigenvalue weighted by Gasteiger charge is -2.16. The van der Waals surface area contributed by atoms with E-state index in [4.69, 9.17) is 5.11 Å². The summed E-state index contributed by atoms with van der Waals surface area (Å²) in [5.74, 6) is 0.132. The summed E-state index contributed by atoms with van der Waals surface area (Å²) in [5.41, 5.74) is 0. The lowest BCUT2D eigenvalue weighted by atomic mass is 9.87. The minimum absolute atomic E-state index is 0.153. The third kappa shape index (κ3) is 7.26. The van der Waals surface area contributed by atoms with Crippen LogP contribution < -0.4 is 0 Å². The molecule has 0 amide bonds. The van der Waals surface area contributed by atoms with Gasteiger partial charge in [-0.3, -0.25) is 9.59 Å². The van der Waals surface area contributed by atoms with Gasteiger partial charge >= 0.3 is 5.97 Å². The lowest BCUT2D eigenvalue weighted by molar-refractivity contribution is -0.137. The second kappa shape index (κ2) is 10.4. The Kier molecular flexibility index (Phi) is 8.72. The van der Waals surface area contributed by atoms with E-state index in [1.165, 1.54) is 0 Å². The summed E-state index contributed by atoms with van der Waals surface area (Å²) >= 11 is 0. The molecule has 1 N–H and O–H groups in total. The van der Waals surface area contributed by atoms with Gasteiger partial charge in [0.25, 0.3) is 0 Å². The molecule has 0 spiro atoms. The standard InChI is InChI=1S/C18H28O3/c1-2-3-7-11-16-15(13-14-17(16)19)10-8-5-4-6-9-12-18(20)21/h3,7,13-16H,2,4-6,8-12H2,1H3,(H,20,21)/b7-3-/t15-,16-/m1/s1. The Morgan fingerprint density at radius 1 is 1.19 bits per heavy atom. The number of hydrogen-bond donors (Lipinski definition) is 1. The summed E-state index contributed by atoms with van der Waals surface area (Å²) in [6, 6.07) is 0. The average Bonchev–Trinajstić information content (AvgIpc) is 2.79. The highest BCUT2D eigenvalue weighted by molar-refractivity contribution is 5.94. The molecule has 1 aliphatic carbocycles. The molecule has 1 aliphatic rings. The van der Waals surface area contributed by atoms with Crippen LogP contribution >= 0.6 is 0 Å². The Hall–Kier alpha value is -1.38. The second-order valence-corrected chi connectivity index (χ2v) is 5.85. The first-order valence-corrected chi connectivity index (χ1v) is 8.24. The van der Waals surface area contributed by atoms with Gasteiger partial charge in [0.1, 0.15) is 0 Å². The molecule has 2 atom stereocenters. The Labute approximate surface area is 128 Å². The molecule has 3 nitrogen and oxygen atoms in total. The van der Waals surface area contributed by atoms with E-state index < -0.39 is 5.97 Å². The molecule has 0 aliphatic heterocycles. The highest BCUT2D eigenvalue weighted by Gasteiger charge is 2.28. The fraction of sp³-hybridized carbons (Fsp3) is 0.667. The maximum Gasteiger partial charge on any atom is 0.303 e. The van der Waals surface area contributed by atoms with E-state index >= 15 is 0 Å². The first-order chi connectivity index (χ1) is 10.1. The molecule has 3 heteroatoms. The van der Waals surface area contributed by atoms with E-state index in [9.17, 15) is 9.59 Å². The molecule has 0 saturated heterocycles. The minimum atomic E-state index is -0.701. The normalized spacial score (nSPS) is 21.5. The van der Waals surface area contributed by atoms with Crippen LogP contribution in [0.4, 0.5) is 0 Å². The summed E-state index contributed by atoms with van der Waals surface area (Å²) in [6.45, 7) is 2.10. The van der Waals surface area contributed by atoms with Crippen molar-refractivity contribution in [3.63, 3.8) is 0 Å². The number of carbonyl (C=O) groups excluding carboxylic acids is 1. The molecule has 0 aromatic rings. The van der Waals surface area contributed by atoms with E-state index in [1.54, 1.807) is 6.08 Å². The maximum atomic E-state index is 11.8. The molecule has 0 aromatic carbocycles. The number of rotatable bonds is 11. The van der Waals surface area contributed by atoms with E-state index in [0.717, 1.165) is 51.4 Å². The number of carbonyl (C=O) groups is 2. The summed E-state index contributed by atoms with van der Waals surface area (Å²) in [5, 5.41) is 8.56. The molecule has 0 unspecified atom stereocenters. The van der Waals surface area contributed by atoms with Crippen molar-refractivity contribution in [2.75, 3.05) is 0 Å². The average molecular weight is 292 g/mol. The van der Waals surface area contributed by atoms with Crippen molar-refractivity contribution in [2.24, 2.45) is 11.8 Å². The van der Waals surface area contributed by atoms with Crippen LogP contribution in [0.25, 0.3) is 0 Å². The van der Waals surface area contributed by atoms with Crippen molar-refractivity contribution in [1.82, 2.24) is 0 Å². The number of aliphatic carboxylic acids is 1. The monoisotopic (exact) mass is 292 g/mol. The number of allylic oxidation sites excluding steroid dienone is 4. The molecule has 118 valence electrons. The van der Waals surface area contributed by atoms with E-state index in [1.807, 2.05) is 0 Å². The number of carboxylic acid groups (broad SMARTS) is 1. The highest BCUT2D eigenvalue weighted by atomic mass is 16.4. The van der Waals surface area contributed by atoms with Gasteiger partial charge in [0.15, 0.2) is 5.78 Å². The van der Waals surface area contributed by atoms with Gasteiger partial charge in [-0.05, 0) is 37.7 Å².